The van der Waals surface area contributed by atoms with E-state index in [1.165, 1.54) is 7.11 Å². The maximum absolute atomic E-state index is 12.1. The fourth-order valence-corrected chi connectivity index (χ4v) is 2.60. The number of carbonyl (C=O) groups excluding carboxylic acids is 2. The maximum atomic E-state index is 12.1. The third kappa shape index (κ3) is 4.83. The standard InChI is InChI=1S/C16H24N4O3.ClH/c1-3-18-16(22)20-7-6-11-4-5-12(8-14(11)20)19-15(21)9-13(10-17)23-2;/h4-5,8,13H,3,6-7,9-10,17H2,1-2H3,(H,18,22)(H,19,21);1H. The van der Waals surface area contributed by atoms with Crippen LogP contribution in [0.4, 0.5) is 16.2 Å². The maximum Gasteiger partial charge on any atom is 0.321 e. The van der Waals surface area contributed by atoms with Crippen molar-refractivity contribution in [3.05, 3.63) is 23.8 Å². The van der Waals surface area contributed by atoms with E-state index in [0.717, 1.165) is 17.7 Å². The lowest BCUT2D eigenvalue weighted by molar-refractivity contribution is -0.118. The van der Waals surface area contributed by atoms with Gasteiger partial charge in [-0.1, -0.05) is 6.07 Å². The van der Waals surface area contributed by atoms with Crippen molar-refractivity contribution in [3.63, 3.8) is 0 Å². The first-order chi connectivity index (χ1) is 11.1. The van der Waals surface area contributed by atoms with E-state index in [2.05, 4.69) is 10.6 Å². The number of nitrogens with zero attached hydrogens (tertiary/aromatic N) is 1. The number of benzene rings is 1. The summed E-state index contributed by atoms with van der Waals surface area (Å²) in [7, 11) is 1.53. The Labute approximate surface area is 148 Å². The second kappa shape index (κ2) is 9.46. The summed E-state index contributed by atoms with van der Waals surface area (Å²) in [5.41, 5.74) is 8.13. The van der Waals surface area contributed by atoms with Crippen LogP contribution in [0.2, 0.25) is 0 Å². The minimum Gasteiger partial charge on any atom is -0.380 e. The van der Waals surface area contributed by atoms with Gasteiger partial charge in [0.1, 0.15) is 0 Å². The Morgan fingerprint density at radius 3 is 2.79 bits per heavy atom. The van der Waals surface area contributed by atoms with E-state index in [4.69, 9.17) is 10.5 Å². The van der Waals surface area contributed by atoms with Gasteiger partial charge in [-0.25, -0.2) is 4.79 Å². The number of anilines is 2. The van der Waals surface area contributed by atoms with Gasteiger partial charge in [-0.15, -0.1) is 12.4 Å². The quantitative estimate of drug-likeness (QED) is 0.719. The van der Waals surface area contributed by atoms with Crippen LogP contribution in [-0.4, -0.2) is 44.8 Å². The Hall–Kier alpha value is -1.83. The van der Waals surface area contributed by atoms with Crippen molar-refractivity contribution in [1.29, 1.82) is 0 Å². The van der Waals surface area contributed by atoms with Crippen molar-refractivity contribution in [2.75, 3.05) is 37.0 Å². The summed E-state index contributed by atoms with van der Waals surface area (Å²) in [5.74, 6) is -0.162. The number of hydrogen-bond acceptors (Lipinski definition) is 4. The lowest BCUT2D eigenvalue weighted by Crippen LogP contribution is -2.38. The van der Waals surface area contributed by atoms with Crippen LogP contribution in [0.3, 0.4) is 0 Å². The van der Waals surface area contributed by atoms with Gasteiger partial charge in [0, 0.05) is 32.4 Å². The second-order valence-electron chi connectivity index (χ2n) is 5.43. The molecular weight excluding hydrogens is 332 g/mol. The van der Waals surface area contributed by atoms with E-state index >= 15 is 0 Å². The van der Waals surface area contributed by atoms with E-state index in [9.17, 15) is 9.59 Å². The van der Waals surface area contributed by atoms with E-state index < -0.39 is 0 Å². The molecule has 0 radical (unpaired) electrons. The molecule has 1 aromatic rings. The zero-order valence-corrected chi connectivity index (χ0v) is 14.8. The summed E-state index contributed by atoms with van der Waals surface area (Å²) in [6, 6.07) is 5.51. The molecule has 1 aliphatic heterocycles. The molecule has 0 fully saturated rings. The van der Waals surface area contributed by atoms with Crippen molar-refractivity contribution in [3.8, 4) is 0 Å². The van der Waals surface area contributed by atoms with E-state index in [-0.39, 0.29) is 36.9 Å². The van der Waals surface area contributed by atoms with Crippen molar-refractivity contribution in [1.82, 2.24) is 5.32 Å². The molecule has 3 amide bonds. The van der Waals surface area contributed by atoms with Gasteiger partial charge in [0.25, 0.3) is 0 Å². The van der Waals surface area contributed by atoms with Crippen LogP contribution in [-0.2, 0) is 16.0 Å². The second-order valence-corrected chi connectivity index (χ2v) is 5.43. The van der Waals surface area contributed by atoms with Crippen LogP contribution in [0, 0.1) is 0 Å². The Kier molecular flexibility index (Phi) is 7.97. The first-order valence-corrected chi connectivity index (χ1v) is 7.80. The molecule has 24 heavy (non-hydrogen) atoms. The van der Waals surface area contributed by atoms with Crippen LogP contribution >= 0.6 is 12.4 Å². The smallest absolute Gasteiger partial charge is 0.321 e. The van der Waals surface area contributed by atoms with Gasteiger partial charge >= 0.3 is 6.03 Å². The van der Waals surface area contributed by atoms with Gasteiger partial charge in [0.05, 0.1) is 18.2 Å². The van der Waals surface area contributed by atoms with E-state index in [0.29, 0.717) is 25.3 Å². The molecule has 134 valence electrons. The van der Waals surface area contributed by atoms with Crippen molar-refractivity contribution in [2.24, 2.45) is 5.73 Å². The molecule has 0 bridgehead atoms. The third-order valence-corrected chi connectivity index (χ3v) is 3.85. The van der Waals surface area contributed by atoms with Crippen LogP contribution in [0.5, 0.6) is 0 Å². The topological polar surface area (TPSA) is 96.7 Å². The zero-order valence-electron chi connectivity index (χ0n) is 14.0. The molecule has 0 spiro atoms. The third-order valence-electron chi connectivity index (χ3n) is 3.85. The van der Waals surface area contributed by atoms with Crippen LogP contribution in [0.1, 0.15) is 18.9 Å². The summed E-state index contributed by atoms with van der Waals surface area (Å²) in [6.07, 6.45) is 0.722. The summed E-state index contributed by atoms with van der Waals surface area (Å²) in [4.78, 5) is 25.8. The average Bonchev–Trinajstić information content (AvgIpc) is 2.96. The number of ether oxygens (including phenoxy) is 1. The number of halogens is 1. The van der Waals surface area contributed by atoms with Gasteiger partial charge in [-0.3, -0.25) is 9.69 Å². The van der Waals surface area contributed by atoms with Gasteiger partial charge in [-0.2, -0.15) is 0 Å². The van der Waals surface area contributed by atoms with E-state index in [1.54, 1.807) is 4.90 Å². The Morgan fingerprint density at radius 1 is 1.42 bits per heavy atom. The molecule has 1 aromatic carbocycles. The monoisotopic (exact) mass is 356 g/mol. The normalized spacial score (nSPS) is 13.7. The largest absolute Gasteiger partial charge is 0.380 e. The number of rotatable bonds is 6. The first-order valence-electron chi connectivity index (χ1n) is 7.80. The van der Waals surface area contributed by atoms with Gasteiger partial charge < -0.3 is 21.1 Å². The molecule has 1 unspecified atom stereocenters. The molecule has 0 saturated carbocycles. The average molecular weight is 357 g/mol. The summed E-state index contributed by atoms with van der Waals surface area (Å²) < 4.78 is 5.11. The number of urea groups is 1. The molecule has 0 saturated heterocycles. The first kappa shape index (κ1) is 20.2. The highest BCUT2D eigenvalue weighted by atomic mass is 35.5. The molecule has 0 aliphatic carbocycles. The number of methoxy groups -OCH3 is 1. The highest BCUT2D eigenvalue weighted by molar-refractivity contribution is 5.96. The fourth-order valence-electron chi connectivity index (χ4n) is 2.60. The number of fused-ring (bicyclic) bond motifs is 1. The predicted molar refractivity (Wildman–Crippen MR) is 96.9 cm³/mol. The molecule has 4 N–H and O–H groups in total. The highest BCUT2D eigenvalue weighted by Crippen LogP contribution is 2.30. The molecule has 8 heteroatoms. The van der Waals surface area contributed by atoms with Crippen LogP contribution in [0.25, 0.3) is 0 Å². The summed E-state index contributed by atoms with van der Waals surface area (Å²) in [5, 5.41) is 5.63. The zero-order chi connectivity index (χ0) is 16.8. The van der Waals surface area contributed by atoms with Crippen LogP contribution < -0.4 is 21.3 Å². The Morgan fingerprint density at radius 2 is 2.17 bits per heavy atom. The number of nitrogens with two attached hydrogens (primary N) is 1. The van der Waals surface area contributed by atoms with Crippen molar-refractivity contribution in [2.45, 2.75) is 25.9 Å². The highest BCUT2D eigenvalue weighted by Gasteiger charge is 2.24. The van der Waals surface area contributed by atoms with Gasteiger partial charge in [0.2, 0.25) is 5.91 Å². The molecule has 1 heterocycles. The number of hydrogen-bond donors (Lipinski definition) is 3. The minimum absolute atomic E-state index is 0. The summed E-state index contributed by atoms with van der Waals surface area (Å²) in [6.45, 7) is 3.41. The molecular formula is C16H25ClN4O3. The molecule has 1 aliphatic rings. The summed E-state index contributed by atoms with van der Waals surface area (Å²) >= 11 is 0. The van der Waals surface area contributed by atoms with Crippen LogP contribution in [0.15, 0.2) is 18.2 Å². The number of carbonyl (C=O) groups is 2. The lowest BCUT2D eigenvalue weighted by Gasteiger charge is -2.18. The predicted octanol–water partition coefficient (Wildman–Crippen LogP) is 1.50. The molecule has 7 nitrogen and oxygen atoms in total. The van der Waals surface area contributed by atoms with Crippen molar-refractivity contribution >= 4 is 35.7 Å². The van der Waals surface area contributed by atoms with Gasteiger partial charge in [-0.05, 0) is 31.0 Å². The molecule has 1 atom stereocenters. The Balaban J connectivity index is 0.00000288. The van der Waals surface area contributed by atoms with E-state index in [1.807, 2.05) is 25.1 Å². The molecule has 2 rings (SSSR count). The lowest BCUT2D eigenvalue weighted by atomic mass is 10.1. The molecule has 0 aromatic heterocycles. The fraction of sp³-hybridized carbons (Fsp3) is 0.500. The van der Waals surface area contributed by atoms with Gasteiger partial charge in [0.15, 0.2) is 0 Å². The number of nitrogens with one attached hydrogen (secondary N) is 2. The Bertz CT molecular complexity index is 578. The van der Waals surface area contributed by atoms with Crippen molar-refractivity contribution < 1.29 is 14.3 Å². The SMILES string of the molecule is CCNC(=O)N1CCc2ccc(NC(=O)CC(CN)OC)cc21.Cl. The number of amides is 3. The minimum atomic E-state index is -0.295.